The second-order valence-electron chi connectivity index (χ2n) is 5.70. The Morgan fingerprint density at radius 3 is 2.56 bits per heavy atom. The zero-order valence-corrected chi connectivity index (χ0v) is 13.8. The Morgan fingerprint density at radius 2 is 1.76 bits per heavy atom. The third kappa shape index (κ3) is 2.65. The number of aromatic nitrogens is 5. The van der Waals surface area contributed by atoms with E-state index in [2.05, 4.69) is 20.5 Å². The maximum atomic E-state index is 12.7. The number of carbonyl (C=O) groups excluding carboxylic acids is 1. The number of rotatable bonds is 3. The van der Waals surface area contributed by atoms with Crippen molar-refractivity contribution in [3.63, 3.8) is 0 Å². The molecule has 0 aliphatic carbocycles. The molecular weight excluding hydrogens is 316 g/mol. The molecule has 0 fully saturated rings. The minimum absolute atomic E-state index is 0.271. The van der Waals surface area contributed by atoms with Crippen LogP contribution in [0.3, 0.4) is 0 Å². The maximum absolute atomic E-state index is 12.7. The van der Waals surface area contributed by atoms with Crippen LogP contribution < -0.4 is 5.32 Å². The van der Waals surface area contributed by atoms with E-state index in [0.29, 0.717) is 17.2 Å². The first kappa shape index (κ1) is 15.1. The minimum Gasteiger partial charge on any atom is -0.305 e. The van der Waals surface area contributed by atoms with Crippen LogP contribution in [-0.4, -0.2) is 30.5 Å². The van der Waals surface area contributed by atoms with E-state index in [1.807, 2.05) is 49.5 Å². The molecule has 4 rings (SSSR count). The van der Waals surface area contributed by atoms with E-state index in [1.165, 1.54) is 0 Å². The molecular formula is C18H16N6O. The monoisotopic (exact) mass is 332 g/mol. The fourth-order valence-electron chi connectivity index (χ4n) is 2.78. The van der Waals surface area contributed by atoms with E-state index < -0.39 is 0 Å². The summed E-state index contributed by atoms with van der Waals surface area (Å²) in [5, 5.41) is 12.4. The third-order valence-corrected chi connectivity index (χ3v) is 4.02. The molecule has 7 nitrogen and oxygen atoms in total. The third-order valence-electron chi connectivity index (χ3n) is 4.02. The molecule has 0 bridgehead atoms. The van der Waals surface area contributed by atoms with Gasteiger partial charge in [-0.3, -0.25) is 19.1 Å². The smallest absolute Gasteiger partial charge is 0.277 e. The van der Waals surface area contributed by atoms with E-state index in [4.69, 9.17) is 0 Å². The number of carbonyl (C=O) groups is 1. The van der Waals surface area contributed by atoms with Crippen LogP contribution in [0.25, 0.3) is 22.3 Å². The molecule has 1 amide bonds. The molecule has 4 aromatic rings. The summed E-state index contributed by atoms with van der Waals surface area (Å²) in [5.74, 6) is 0.313. The number of nitrogens with zero attached hydrogens (tertiary/aromatic N) is 5. The number of para-hydroxylation sites is 1. The normalized spacial score (nSPS) is 11.0. The van der Waals surface area contributed by atoms with Gasteiger partial charge in [0.2, 0.25) is 0 Å². The van der Waals surface area contributed by atoms with Crippen molar-refractivity contribution in [3.8, 4) is 11.4 Å². The lowest BCUT2D eigenvalue weighted by Crippen LogP contribution is -2.15. The topological polar surface area (TPSA) is 77.6 Å². The fourth-order valence-corrected chi connectivity index (χ4v) is 2.78. The number of nitrogens with one attached hydrogen (secondary N) is 1. The summed E-state index contributed by atoms with van der Waals surface area (Å²) >= 11 is 0. The number of hydrogen-bond acceptors (Lipinski definition) is 4. The SMILES string of the molecule is Cn1nc(-c2ccccn2)cc1NC(=O)c1nn(C)c2ccccc12. The minimum atomic E-state index is -0.271. The van der Waals surface area contributed by atoms with Crippen LogP contribution in [0.2, 0.25) is 0 Å². The van der Waals surface area contributed by atoms with Gasteiger partial charge in [0.15, 0.2) is 5.69 Å². The number of anilines is 1. The first-order chi connectivity index (χ1) is 12.1. The van der Waals surface area contributed by atoms with Crippen LogP contribution in [-0.2, 0) is 14.1 Å². The van der Waals surface area contributed by atoms with Crippen LogP contribution in [0.15, 0.2) is 54.7 Å². The highest BCUT2D eigenvalue weighted by atomic mass is 16.2. The highest BCUT2D eigenvalue weighted by Crippen LogP contribution is 2.21. The van der Waals surface area contributed by atoms with Gasteiger partial charge in [0.1, 0.15) is 11.5 Å². The van der Waals surface area contributed by atoms with Gasteiger partial charge in [-0.15, -0.1) is 0 Å². The molecule has 0 spiro atoms. The van der Waals surface area contributed by atoms with E-state index in [1.54, 1.807) is 28.7 Å². The van der Waals surface area contributed by atoms with Gasteiger partial charge >= 0.3 is 0 Å². The molecule has 3 heterocycles. The average molecular weight is 332 g/mol. The van der Waals surface area contributed by atoms with Crippen LogP contribution in [0, 0.1) is 0 Å². The molecule has 1 N–H and O–H groups in total. The second kappa shape index (κ2) is 5.86. The number of hydrogen-bond donors (Lipinski definition) is 1. The largest absolute Gasteiger partial charge is 0.305 e. The zero-order chi connectivity index (χ0) is 17.4. The van der Waals surface area contributed by atoms with E-state index in [0.717, 1.165) is 16.6 Å². The number of fused-ring (bicyclic) bond motifs is 1. The molecule has 0 unspecified atom stereocenters. The van der Waals surface area contributed by atoms with Crippen LogP contribution >= 0.6 is 0 Å². The summed E-state index contributed by atoms with van der Waals surface area (Å²) < 4.78 is 3.32. The predicted molar refractivity (Wildman–Crippen MR) is 95.1 cm³/mol. The molecule has 0 saturated carbocycles. The van der Waals surface area contributed by atoms with Crippen LogP contribution in [0.5, 0.6) is 0 Å². The Hall–Kier alpha value is -3.48. The molecule has 0 aliphatic heterocycles. The standard InChI is InChI=1S/C18H16N6O/c1-23-15-9-4-3-7-12(15)17(22-23)18(25)20-16-11-14(21-24(16)2)13-8-5-6-10-19-13/h3-11H,1-2H3,(H,20,25). The number of pyridine rings is 1. The van der Waals surface area contributed by atoms with Crippen molar-refractivity contribution < 1.29 is 4.79 Å². The molecule has 25 heavy (non-hydrogen) atoms. The highest BCUT2D eigenvalue weighted by Gasteiger charge is 2.18. The van der Waals surface area contributed by atoms with Crippen LogP contribution in [0.1, 0.15) is 10.5 Å². The number of benzene rings is 1. The van der Waals surface area contributed by atoms with E-state index >= 15 is 0 Å². The Labute approximate surface area is 143 Å². The van der Waals surface area contributed by atoms with Crippen molar-refractivity contribution in [2.75, 3.05) is 5.32 Å². The van der Waals surface area contributed by atoms with E-state index in [-0.39, 0.29) is 5.91 Å². The summed E-state index contributed by atoms with van der Waals surface area (Å²) in [6.07, 6.45) is 1.71. The van der Waals surface area contributed by atoms with Gasteiger partial charge in [0.25, 0.3) is 5.91 Å². The van der Waals surface area contributed by atoms with Crippen molar-refractivity contribution in [3.05, 3.63) is 60.4 Å². The summed E-state index contributed by atoms with van der Waals surface area (Å²) in [7, 11) is 3.60. The van der Waals surface area contributed by atoms with Crippen molar-refractivity contribution in [1.29, 1.82) is 0 Å². The van der Waals surface area contributed by atoms with Gasteiger partial charge in [0, 0.05) is 31.7 Å². The van der Waals surface area contributed by atoms with Crippen molar-refractivity contribution in [2.45, 2.75) is 0 Å². The van der Waals surface area contributed by atoms with Gasteiger partial charge < -0.3 is 5.32 Å². The lowest BCUT2D eigenvalue weighted by Gasteiger charge is -2.02. The molecule has 7 heteroatoms. The first-order valence-corrected chi connectivity index (χ1v) is 7.82. The maximum Gasteiger partial charge on any atom is 0.277 e. The summed E-state index contributed by atoms with van der Waals surface area (Å²) in [5.41, 5.74) is 2.75. The number of aryl methyl sites for hydroxylation is 2. The van der Waals surface area contributed by atoms with Gasteiger partial charge in [0.05, 0.1) is 11.2 Å². The average Bonchev–Trinajstić information content (AvgIpc) is 3.17. The van der Waals surface area contributed by atoms with Gasteiger partial charge in [-0.1, -0.05) is 24.3 Å². The molecule has 124 valence electrons. The van der Waals surface area contributed by atoms with Gasteiger partial charge in [-0.2, -0.15) is 10.2 Å². The van der Waals surface area contributed by atoms with Crippen molar-refractivity contribution in [2.24, 2.45) is 14.1 Å². The van der Waals surface area contributed by atoms with Crippen molar-refractivity contribution >= 4 is 22.6 Å². The molecule has 3 aromatic heterocycles. The second-order valence-corrected chi connectivity index (χ2v) is 5.70. The van der Waals surface area contributed by atoms with E-state index in [9.17, 15) is 4.79 Å². The predicted octanol–water partition coefficient (Wildman–Crippen LogP) is 2.62. The molecule has 0 radical (unpaired) electrons. The molecule has 1 aromatic carbocycles. The summed E-state index contributed by atoms with van der Waals surface area (Å²) in [6.45, 7) is 0. The van der Waals surface area contributed by atoms with Crippen LogP contribution in [0.4, 0.5) is 5.82 Å². The summed E-state index contributed by atoms with van der Waals surface area (Å²) in [4.78, 5) is 17.0. The van der Waals surface area contributed by atoms with Crippen molar-refractivity contribution in [1.82, 2.24) is 24.5 Å². The molecule has 0 saturated heterocycles. The molecule has 0 atom stereocenters. The van der Waals surface area contributed by atoms with Gasteiger partial charge in [-0.05, 0) is 18.2 Å². The Bertz CT molecular complexity index is 1060. The van der Waals surface area contributed by atoms with Gasteiger partial charge in [-0.25, -0.2) is 0 Å². The quantitative estimate of drug-likeness (QED) is 0.625. The Morgan fingerprint density at radius 1 is 0.960 bits per heavy atom. The lowest BCUT2D eigenvalue weighted by molar-refractivity contribution is 0.102. The summed E-state index contributed by atoms with van der Waals surface area (Å²) in [6, 6.07) is 15.1. The zero-order valence-electron chi connectivity index (χ0n) is 13.8. The number of amides is 1. The Balaban J connectivity index is 1.66. The molecule has 0 aliphatic rings. The Kier molecular flexibility index (Phi) is 3.53. The fraction of sp³-hybridized carbons (Fsp3) is 0.111. The highest BCUT2D eigenvalue weighted by molar-refractivity contribution is 6.11. The first-order valence-electron chi connectivity index (χ1n) is 7.82. The lowest BCUT2D eigenvalue weighted by atomic mass is 10.2.